The van der Waals surface area contributed by atoms with Crippen LogP contribution in [0.2, 0.25) is 0 Å². The topological polar surface area (TPSA) is 40.5 Å². The zero-order valence-electron chi connectivity index (χ0n) is 28.1. The first-order chi connectivity index (χ1) is 25.1. The highest BCUT2D eigenvalue weighted by atomic mass is 16.3. The van der Waals surface area contributed by atoms with E-state index in [1.165, 1.54) is 11.1 Å². The van der Waals surface area contributed by atoms with E-state index < -0.39 is 0 Å². The molecule has 51 heavy (non-hydrogen) atoms. The lowest BCUT2D eigenvalue weighted by Crippen LogP contribution is -1.91. The Morgan fingerprint density at radius 2 is 0.510 bits per heavy atom. The third kappa shape index (κ3) is 6.68. The molecule has 2 heteroatoms. The molecule has 8 rings (SSSR count). The quantitative estimate of drug-likeness (QED) is 0.171. The van der Waals surface area contributed by atoms with Crippen LogP contribution in [0.3, 0.4) is 0 Å². The molecule has 0 saturated heterocycles. The Kier molecular flexibility index (Phi) is 8.72. The fraction of sp³-hybridized carbons (Fsp3) is 0.0204. The second kappa shape index (κ2) is 14.1. The molecule has 0 aliphatic carbocycles. The van der Waals surface area contributed by atoms with Crippen LogP contribution < -0.4 is 0 Å². The molecule has 0 amide bonds. The van der Waals surface area contributed by atoms with E-state index in [-0.39, 0.29) is 11.5 Å². The smallest absolute Gasteiger partial charge is 0.131 e. The minimum Gasteiger partial charge on any atom is -0.507 e. The molecule has 0 saturated carbocycles. The van der Waals surface area contributed by atoms with Gasteiger partial charge in [0.25, 0.3) is 0 Å². The van der Waals surface area contributed by atoms with Gasteiger partial charge in [0, 0.05) is 22.3 Å². The van der Waals surface area contributed by atoms with E-state index in [2.05, 4.69) is 72.8 Å². The molecule has 0 heterocycles. The van der Waals surface area contributed by atoms with Crippen molar-refractivity contribution in [1.82, 2.24) is 0 Å². The fourth-order valence-corrected chi connectivity index (χ4v) is 6.82. The minimum atomic E-state index is 0.288. The van der Waals surface area contributed by atoms with Gasteiger partial charge in [-0.3, -0.25) is 0 Å². The molecular weight excluding hydrogens is 621 g/mol. The number of hydrogen-bond donors (Lipinski definition) is 2. The fourth-order valence-electron chi connectivity index (χ4n) is 6.82. The molecule has 0 fully saturated rings. The van der Waals surface area contributed by atoms with E-state index in [4.69, 9.17) is 0 Å². The van der Waals surface area contributed by atoms with Crippen LogP contribution in [0.4, 0.5) is 0 Å². The average Bonchev–Trinajstić information content (AvgIpc) is 3.20. The largest absolute Gasteiger partial charge is 0.507 e. The number of aromatic hydroxyl groups is 2. The summed E-state index contributed by atoms with van der Waals surface area (Å²) in [6, 6.07) is 66.0. The maximum Gasteiger partial charge on any atom is 0.131 e. The van der Waals surface area contributed by atoms with Crippen LogP contribution in [0, 0.1) is 0 Å². The highest BCUT2D eigenvalue weighted by molar-refractivity contribution is 5.89. The lowest BCUT2D eigenvalue weighted by molar-refractivity contribution is 0.479. The molecule has 0 bridgehead atoms. The van der Waals surface area contributed by atoms with E-state index in [9.17, 15) is 10.2 Å². The van der Waals surface area contributed by atoms with Gasteiger partial charge in [-0.1, -0.05) is 170 Å². The monoisotopic (exact) mass is 656 g/mol. The maximum atomic E-state index is 11.4. The van der Waals surface area contributed by atoms with Gasteiger partial charge in [-0.25, -0.2) is 0 Å². The van der Waals surface area contributed by atoms with Gasteiger partial charge >= 0.3 is 0 Å². The van der Waals surface area contributed by atoms with E-state index in [1.807, 2.05) is 121 Å². The van der Waals surface area contributed by atoms with Crippen LogP contribution in [0.5, 0.6) is 11.5 Å². The van der Waals surface area contributed by atoms with Crippen molar-refractivity contribution in [2.75, 3.05) is 0 Å². The van der Waals surface area contributed by atoms with Gasteiger partial charge < -0.3 is 10.2 Å². The number of phenols is 2. The Hall–Kier alpha value is -6.64. The van der Waals surface area contributed by atoms with Gasteiger partial charge in [0.05, 0.1) is 0 Å². The normalized spacial score (nSPS) is 11.0. The van der Waals surface area contributed by atoms with Crippen molar-refractivity contribution >= 4 is 0 Å². The number of phenolic OH excluding ortho intramolecular Hbond substituents is 2. The highest BCUT2D eigenvalue weighted by Crippen LogP contribution is 2.43. The Balaban J connectivity index is 1.08. The zero-order valence-corrected chi connectivity index (χ0v) is 28.1. The van der Waals surface area contributed by atoms with E-state index in [1.54, 1.807) is 0 Å². The van der Waals surface area contributed by atoms with Crippen molar-refractivity contribution in [3.63, 3.8) is 0 Å². The minimum absolute atomic E-state index is 0.288. The molecule has 0 spiro atoms. The van der Waals surface area contributed by atoms with Crippen molar-refractivity contribution in [3.05, 3.63) is 205 Å². The summed E-state index contributed by atoms with van der Waals surface area (Å²) in [7, 11) is 0. The Morgan fingerprint density at radius 1 is 0.255 bits per heavy atom. The molecule has 0 unspecified atom stereocenters. The summed E-state index contributed by atoms with van der Waals surface area (Å²) in [4.78, 5) is 0. The van der Waals surface area contributed by atoms with Gasteiger partial charge in [-0.05, 0) is 86.3 Å². The second-order valence-electron chi connectivity index (χ2n) is 12.9. The predicted octanol–water partition coefficient (Wildman–Crippen LogP) is 12.7. The van der Waals surface area contributed by atoms with E-state index >= 15 is 0 Å². The highest BCUT2D eigenvalue weighted by Gasteiger charge is 2.16. The number of rotatable bonds is 8. The van der Waals surface area contributed by atoms with Crippen molar-refractivity contribution in [2.24, 2.45) is 0 Å². The van der Waals surface area contributed by atoms with Crippen molar-refractivity contribution in [3.8, 4) is 78.3 Å². The van der Waals surface area contributed by atoms with Gasteiger partial charge in [0.1, 0.15) is 11.5 Å². The second-order valence-corrected chi connectivity index (χ2v) is 12.9. The molecule has 8 aromatic rings. The van der Waals surface area contributed by atoms with E-state index in [0.29, 0.717) is 0 Å². The van der Waals surface area contributed by atoms with Crippen LogP contribution in [0.1, 0.15) is 11.1 Å². The molecule has 8 aromatic carbocycles. The van der Waals surface area contributed by atoms with Gasteiger partial charge in [0.15, 0.2) is 0 Å². The molecule has 0 atom stereocenters. The summed E-state index contributed by atoms with van der Waals surface area (Å²) in [5.41, 5.74) is 13.9. The zero-order chi connectivity index (χ0) is 34.6. The van der Waals surface area contributed by atoms with Gasteiger partial charge in [-0.15, -0.1) is 0 Å². The first-order valence-corrected chi connectivity index (χ1v) is 17.2. The van der Waals surface area contributed by atoms with Crippen molar-refractivity contribution in [1.29, 1.82) is 0 Å². The number of benzene rings is 8. The van der Waals surface area contributed by atoms with Crippen LogP contribution in [0.25, 0.3) is 66.8 Å². The Bertz CT molecular complexity index is 2100. The van der Waals surface area contributed by atoms with Crippen LogP contribution in [-0.4, -0.2) is 10.2 Å². The molecule has 0 aliphatic rings. The summed E-state index contributed by atoms with van der Waals surface area (Å²) in [6.45, 7) is 0. The van der Waals surface area contributed by atoms with Crippen LogP contribution in [-0.2, 0) is 6.42 Å². The van der Waals surface area contributed by atoms with E-state index in [0.717, 1.165) is 73.2 Å². The summed E-state index contributed by atoms with van der Waals surface area (Å²) in [5.74, 6) is 0.576. The molecule has 244 valence electrons. The predicted molar refractivity (Wildman–Crippen MR) is 212 cm³/mol. The van der Waals surface area contributed by atoms with Crippen LogP contribution >= 0.6 is 0 Å². The Morgan fingerprint density at radius 3 is 0.765 bits per heavy atom. The average molecular weight is 657 g/mol. The lowest BCUT2D eigenvalue weighted by atomic mass is 9.91. The summed E-state index contributed by atoms with van der Waals surface area (Å²) in [5, 5.41) is 22.8. The molecule has 2 N–H and O–H groups in total. The third-order valence-corrected chi connectivity index (χ3v) is 9.54. The van der Waals surface area contributed by atoms with Gasteiger partial charge in [-0.2, -0.15) is 0 Å². The lowest BCUT2D eigenvalue weighted by Gasteiger charge is -2.15. The first-order valence-electron chi connectivity index (χ1n) is 17.2. The molecule has 2 nitrogen and oxygen atoms in total. The van der Waals surface area contributed by atoms with Crippen molar-refractivity contribution < 1.29 is 10.2 Å². The molecule has 0 radical (unpaired) electrons. The molecule has 0 aromatic heterocycles. The summed E-state index contributed by atoms with van der Waals surface area (Å²) < 4.78 is 0. The number of hydrogen-bond acceptors (Lipinski definition) is 2. The Labute approximate surface area is 299 Å². The maximum absolute atomic E-state index is 11.4. The third-order valence-electron chi connectivity index (χ3n) is 9.54. The standard InChI is InChI=1S/C49H36O2/c50-48-44(38-13-5-1-6-14-38)30-42(31-45(48)39-15-7-2-8-16-39)36-25-21-34(22-26-36)29-35-23-27-37(28-24-35)43-32-46(40-17-9-3-10-18-40)49(51)47(33-43)41-19-11-4-12-20-41/h1-28,30-33,50-51H,29H2. The van der Waals surface area contributed by atoms with Crippen LogP contribution in [0.15, 0.2) is 194 Å². The first kappa shape index (κ1) is 31.6. The summed E-state index contributed by atoms with van der Waals surface area (Å²) >= 11 is 0. The molecular formula is C49H36O2. The summed E-state index contributed by atoms with van der Waals surface area (Å²) in [6.07, 6.45) is 0.806. The van der Waals surface area contributed by atoms with Gasteiger partial charge in [0.2, 0.25) is 0 Å². The SMILES string of the molecule is Oc1c(-c2ccccc2)cc(-c2ccc(Cc3ccc(-c4cc(-c5ccccc5)c(O)c(-c5ccccc5)c4)cc3)cc2)cc1-c1ccccc1. The van der Waals surface area contributed by atoms with Crippen molar-refractivity contribution in [2.45, 2.75) is 6.42 Å². The molecule has 0 aliphatic heterocycles.